The third kappa shape index (κ3) is 5.03. The molecule has 1 N–H and O–H groups in total. The largest absolute Gasteiger partial charge is 0.468 e. The molecule has 0 spiro atoms. The molecule has 0 fully saturated rings. The van der Waals surface area contributed by atoms with Gasteiger partial charge in [-0.15, -0.1) is 0 Å². The van der Waals surface area contributed by atoms with Gasteiger partial charge in [-0.3, -0.25) is 4.79 Å². The maximum atomic E-state index is 11.8. The Kier molecular flexibility index (Phi) is 6.57. The van der Waals surface area contributed by atoms with Crippen molar-refractivity contribution in [3.05, 3.63) is 35.9 Å². The van der Waals surface area contributed by atoms with Crippen molar-refractivity contribution < 1.29 is 9.53 Å². The average Bonchev–Trinajstić information content (AvgIpc) is 2.46. The Morgan fingerprint density at radius 1 is 1.26 bits per heavy atom. The van der Waals surface area contributed by atoms with Crippen molar-refractivity contribution in [2.24, 2.45) is 0 Å². The average molecular weight is 263 g/mol. The zero-order valence-corrected chi connectivity index (χ0v) is 12.3. The molecular weight excluding hydrogens is 238 g/mol. The maximum Gasteiger partial charge on any atom is 0.322 e. The normalized spacial score (nSPS) is 15.6. The minimum atomic E-state index is -0.241. The van der Waals surface area contributed by atoms with Gasteiger partial charge in [0.2, 0.25) is 0 Å². The molecule has 106 valence electrons. The van der Waals surface area contributed by atoms with Gasteiger partial charge in [0, 0.05) is 6.04 Å². The number of benzene rings is 1. The van der Waals surface area contributed by atoms with Crippen molar-refractivity contribution in [1.82, 2.24) is 5.32 Å². The molecular formula is C16H25NO2. The highest BCUT2D eigenvalue weighted by Crippen LogP contribution is 2.21. The predicted molar refractivity (Wildman–Crippen MR) is 78.2 cm³/mol. The lowest BCUT2D eigenvalue weighted by Crippen LogP contribution is -2.43. The number of carbonyl (C=O) groups excluding carboxylic acids is 1. The Labute approximate surface area is 116 Å². The number of carbonyl (C=O) groups is 1. The van der Waals surface area contributed by atoms with Crippen molar-refractivity contribution >= 4 is 5.97 Å². The fraction of sp³-hybridized carbons (Fsp3) is 0.562. The van der Waals surface area contributed by atoms with Gasteiger partial charge >= 0.3 is 5.97 Å². The topological polar surface area (TPSA) is 38.3 Å². The highest BCUT2D eigenvalue weighted by atomic mass is 16.5. The lowest BCUT2D eigenvalue weighted by molar-refractivity contribution is -0.143. The second kappa shape index (κ2) is 7.95. The number of methoxy groups -OCH3 is 1. The van der Waals surface area contributed by atoms with Crippen molar-refractivity contribution in [1.29, 1.82) is 0 Å². The van der Waals surface area contributed by atoms with E-state index in [4.69, 9.17) is 4.74 Å². The van der Waals surface area contributed by atoms with Crippen molar-refractivity contribution in [3.63, 3.8) is 0 Å². The van der Waals surface area contributed by atoms with Crippen LogP contribution < -0.4 is 5.32 Å². The third-order valence-corrected chi connectivity index (χ3v) is 3.54. The molecule has 3 nitrogen and oxygen atoms in total. The second-order valence-corrected chi connectivity index (χ2v) is 5.10. The number of ether oxygens (including phenoxy) is 1. The maximum absolute atomic E-state index is 11.8. The van der Waals surface area contributed by atoms with Gasteiger partial charge in [0.15, 0.2) is 0 Å². The molecule has 0 aliphatic carbocycles. The Morgan fingerprint density at radius 2 is 1.89 bits per heavy atom. The molecule has 3 heteroatoms. The minimum Gasteiger partial charge on any atom is -0.468 e. The SMILES string of the molecule is CCC(C)NC(CC(C)c1ccccc1)C(=O)OC. The molecule has 1 aromatic rings. The summed E-state index contributed by atoms with van der Waals surface area (Å²) in [6.07, 6.45) is 1.74. The minimum absolute atomic E-state index is 0.178. The van der Waals surface area contributed by atoms with E-state index < -0.39 is 0 Å². The van der Waals surface area contributed by atoms with Crippen LogP contribution in [0.4, 0.5) is 0 Å². The molecule has 0 heterocycles. The van der Waals surface area contributed by atoms with E-state index >= 15 is 0 Å². The van der Waals surface area contributed by atoms with E-state index in [1.807, 2.05) is 18.2 Å². The molecule has 3 atom stereocenters. The van der Waals surface area contributed by atoms with Gasteiger partial charge in [0.1, 0.15) is 6.04 Å². The molecule has 0 saturated heterocycles. The molecule has 0 bridgehead atoms. The summed E-state index contributed by atoms with van der Waals surface area (Å²) in [5.74, 6) is 0.143. The Morgan fingerprint density at radius 3 is 2.42 bits per heavy atom. The van der Waals surface area contributed by atoms with E-state index in [2.05, 4.69) is 38.2 Å². The first kappa shape index (κ1) is 15.7. The smallest absolute Gasteiger partial charge is 0.322 e. The summed E-state index contributed by atoms with van der Waals surface area (Å²) in [5.41, 5.74) is 1.25. The monoisotopic (exact) mass is 263 g/mol. The molecule has 0 amide bonds. The zero-order chi connectivity index (χ0) is 14.3. The molecule has 19 heavy (non-hydrogen) atoms. The van der Waals surface area contributed by atoms with Crippen LogP contribution in [0.25, 0.3) is 0 Å². The van der Waals surface area contributed by atoms with E-state index in [0.717, 1.165) is 12.8 Å². The van der Waals surface area contributed by atoms with Crippen LogP contribution in [0, 0.1) is 0 Å². The van der Waals surface area contributed by atoms with Crippen molar-refractivity contribution in [2.75, 3.05) is 7.11 Å². The van der Waals surface area contributed by atoms with Crippen LogP contribution in [0.5, 0.6) is 0 Å². The van der Waals surface area contributed by atoms with E-state index in [-0.39, 0.29) is 12.0 Å². The number of hydrogen-bond acceptors (Lipinski definition) is 3. The summed E-state index contributed by atoms with van der Waals surface area (Å²) in [7, 11) is 1.45. The van der Waals surface area contributed by atoms with Crippen LogP contribution in [0.15, 0.2) is 30.3 Å². The molecule has 0 saturated carbocycles. The molecule has 1 aromatic carbocycles. The van der Waals surface area contributed by atoms with Gasteiger partial charge in [-0.05, 0) is 31.2 Å². The summed E-state index contributed by atoms with van der Waals surface area (Å²) in [6.45, 7) is 6.33. The van der Waals surface area contributed by atoms with Gasteiger partial charge in [0.25, 0.3) is 0 Å². The molecule has 1 rings (SSSR count). The molecule has 0 aromatic heterocycles. The van der Waals surface area contributed by atoms with Crippen LogP contribution in [-0.4, -0.2) is 25.2 Å². The summed E-state index contributed by atoms with van der Waals surface area (Å²) in [6, 6.07) is 10.3. The van der Waals surface area contributed by atoms with Crippen LogP contribution >= 0.6 is 0 Å². The summed E-state index contributed by atoms with van der Waals surface area (Å²) >= 11 is 0. The first-order valence-corrected chi connectivity index (χ1v) is 6.97. The van der Waals surface area contributed by atoms with Crippen LogP contribution in [0.2, 0.25) is 0 Å². The Hall–Kier alpha value is -1.35. The van der Waals surface area contributed by atoms with E-state index in [9.17, 15) is 4.79 Å². The van der Waals surface area contributed by atoms with Gasteiger partial charge in [-0.2, -0.15) is 0 Å². The van der Waals surface area contributed by atoms with Crippen LogP contribution in [-0.2, 0) is 9.53 Å². The molecule has 0 aliphatic heterocycles. The third-order valence-electron chi connectivity index (χ3n) is 3.54. The van der Waals surface area contributed by atoms with Gasteiger partial charge < -0.3 is 10.1 Å². The van der Waals surface area contributed by atoms with Crippen molar-refractivity contribution in [2.45, 2.75) is 51.6 Å². The molecule has 0 radical (unpaired) electrons. The fourth-order valence-corrected chi connectivity index (χ4v) is 2.11. The first-order chi connectivity index (χ1) is 9.08. The fourth-order valence-electron chi connectivity index (χ4n) is 2.11. The Balaban J connectivity index is 2.69. The van der Waals surface area contributed by atoms with Crippen LogP contribution in [0.1, 0.15) is 45.1 Å². The van der Waals surface area contributed by atoms with Crippen LogP contribution in [0.3, 0.4) is 0 Å². The number of rotatable bonds is 7. The number of hydrogen-bond donors (Lipinski definition) is 1. The van der Waals surface area contributed by atoms with Crippen molar-refractivity contribution in [3.8, 4) is 0 Å². The highest BCUT2D eigenvalue weighted by Gasteiger charge is 2.23. The van der Waals surface area contributed by atoms with E-state index in [1.165, 1.54) is 12.7 Å². The number of nitrogens with one attached hydrogen (secondary N) is 1. The quantitative estimate of drug-likeness (QED) is 0.768. The second-order valence-electron chi connectivity index (χ2n) is 5.10. The summed E-state index contributed by atoms with van der Waals surface area (Å²) in [5, 5.41) is 3.34. The van der Waals surface area contributed by atoms with Gasteiger partial charge in [0.05, 0.1) is 7.11 Å². The zero-order valence-electron chi connectivity index (χ0n) is 12.3. The number of esters is 1. The molecule has 0 aliphatic rings. The summed E-state index contributed by atoms with van der Waals surface area (Å²) in [4.78, 5) is 11.8. The lowest BCUT2D eigenvalue weighted by atomic mass is 9.93. The van der Waals surface area contributed by atoms with Gasteiger partial charge in [-0.1, -0.05) is 44.2 Å². The van der Waals surface area contributed by atoms with E-state index in [0.29, 0.717) is 12.0 Å². The standard InChI is InChI=1S/C16H25NO2/c1-5-13(3)17-15(16(18)19-4)11-12(2)14-9-7-6-8-10-14/h6-10,12-13,15,17H,5,11H2,1-4H3. The Bertz CT molecular complexity index is 378. The van der Waals surface area contributed by atoms with Gasteiger partial charge in [-0.25, -0.2) is 0 Å². The first-order valence-electron chi connectivity index (χ1n) is 6.97. The lowest BCUT2D eigenvalue weighted by Gasteiger charge is -2.23. The predicted octanol–water partition coefficient (Wildman–Crippen LogP) is 3.11. The highest BCUT2D eigenvalue weighted by molar-refractivity contribution is 5.75. The summed E-state index contributed by atoms with van der Waals surface area (Å²) < 4.78 is 4.89. The van der Waals surface area contributed by atoms with E-state index in [1.54, 1.807) is 0 Å². The molecule has 3 unspecified atom stereocenters.